The van der Waals surface area contributed by atoms with Crippen molar-refractivity contribution in [3.8, 4) is 0 Å². The van der Waals surface area contributed by atoms with Crippen molar-refractivity contribution in [1.82, 2.24) is 20.3 Å². The average Bonchev–Trinajstić information content (AvgIpc) is 2.90. The van der Waals surface area contributed by atoms with Crippen LogP contribution in [0.3, 0.4) is 0 Å². The van der Waals surface area contributed by atoms with Crippen molar-refractivity contribution in [3.63, 3.8) is 0 Å². The minimum Gasteiger partial charge on any atom is -0.378 e. The molecule has 0 fully saturated rings. The summed E-state index contributed by atoms with van der Waals surface area (Å²) >= 11 is 3.89. The molecule has 0 saturated heterocycles. The van der Waals surface area contributed by atoms with Crippen molar-refractivity contribution >= 4 is 28.4 Å². The van der Waals surface area contributed by atoms with Crippen LogP contribution in [0, 0.1) is 0 Å². The van der Waals surface area contributed by atoms with Crippen molar-refractivity contribution in [2.24, 2.45) is 0 Å². The zero-order valence-electron chi connectivity index (χ0n) is 13.6. The number of nitrogens with zero attached hydrogens (tertiary/aromatic N) is 3. The van der Waals surface area contributed by atoms with Gasteiger partial charge >= 0.3 is 0 Å². The fourth-order valence-electron chi connectivity index (χ4n) is 1.08. The Morgan fingerprint density at radius 2 is 2.10 bits per heavy atom. The maximum atomic E-state index is 11.1. The Bertz CT molecular complexity index is 349. The van der Waals surface area contributed by atoms with Gasteiger partial charge in [0.25, 0.3) is 0 Å². The topological polar surface area (TPSA) is 69.0 Å². The molecule has 0 saturated carbocycles. The number of amides is 1. The van der Waals surface area contributed by atoms with Crippen LogP contribution in [-0.2, 0) is 22.7 Å². The number of rotatable bonds is 7. The van der Waals surface area contributed by atoms with Crippen LogP contribution in [0.4, 0.5) is 0 Å². The molecule has 0 spiro atoms. The molecule has 8 heteroatoms. The second-order valence-corrected chi connectivity index (χ2v) is 5.06. The van der Waals surface area contributed by atoms with E-state index in [1.54, 1.807) is 18.0 Å². The third kappa shape index (κ3) is 14.0. The first-order valence-corrected chi connectivity index (χ1v) is 9.12. The Morgan fingerprint density at radius 1 is 1.48 bits per heavy atom. The van der Waals surface area contributed by atoms with E-state index in [0.29, 0.717) is 25.4 Å². The molecule has 1 amide bonds. The number of thiol groups is 1. The minimum absolute atomic E-state index is 0.0303. The van der Waals surface area contributed by atoms with Crippen LogP contribution in [0.25, 0.3) is 0 Å². The molecule has 0 aliphatic rings. The molecule has 124 valence electrons. The van der Waals surface area contributed by atoms with Crippen molar-refractivity contribution in [2.75, 3.05) is 19.4 Å². The molecule has 0 aliphatic carbocycles. The monoisotopic (exact) mass is 336 g/mol. The van der Waals surface area contributed by atoms with Crippen LogP contribution in [-0.4, -0.2) is 40.3 Å². The fraction of sp³-hybridized carbons (Fsp3) is 0.769. The zero-order chi connectivity index (χ0) is 16.5. The lowest BCUT2D eigenvalue weighted by Crippen LogP contribution is -2.28. The van der Waals surface area contributed by atoms with Crippen molar-refractivity contribution < 1.29 is 9.53 Å². The molecule has 1 aromatic rings. The van der Waals surface area contributed by atoms with Gasteiger partial charge in [0.15, 0.2) is 0 Å². The van der Waals surface area contributed by atoms with Gasteiger partial charge in [-0.15, -0.1) is 16.8 Å². The molecule has 1 rings (SSSR count). The summed E-state index contributed by atoms with van der Waals surface area (Å²) in [6, 6.07) is 0. The Balaban J connectivity index is 0. The van der Waals surface area contributed by atoms with Gasteiger partial charge in [-0.3, -0.25) is 9.48 Å². The van der Waals surface area contributed by atoms with Crippen LogP contribution in [0.5, 0.6) is 0 Å². The summed E-state index contributed by atoms with van der Waals surface area (Å²) in [5.74, 6) is 0.326. The summed E-state index contributed by atoms with van der Waals surface area (Å²) in [4.78, 5) is 11.1. The Morgan fingerprint density at radius 3 is 2.62 bits per heavy atom. The predicted molar refractivity (Wildman–Crippen MR) is 92.5 cm³/mol. The smallest absolute Gasteiger partial charge is 0.230 e. The summed E-state index contributed by atoms with van der Waals surface area (Å²) in [6.07, 6.45) is 3.04. The lowest BCUT2D eigenvalue weighted by molar-refractivity contribution is -0.118. The van der Waals surface area contributed by atoms with Crippen LogP contribution in [0.15, 0.2) is 6.20 Å². The Kier molecular flexibility index (Phi) is 18.6. The van der Waals surface area contributed by atoms with Gasteiger partial charge in [-0.25, -0.2) is 0 Å². The first-order valence-electron chi connectivity index (χ1n) is 7.08. The zero-order valence-corrected chi connectivity index (χ0v) is 15.3. The second-order valence-electron chi connectivity index (χ2n) is 3.74. The third-order valence-electron chi connectivity index (χ3n) is 1.74. The molecule has 1 N–H and O–H groups in total. The summed E-state index contributed by atoms with van der Waals surface area (Å²) in [6.45, 7) is 9.82. The highest BCUT2D eigenvalue weighted by Gasteiger charge is 2.01. The normalized spacial score (nSPS) is 9.05. The van der Waals surface area contributed by atoms with Gasteiger partial charge in [-0.1, -0.05) is 50.1 Å². The number of ether oxygens (including phenoxy) is 1. The SMILES string of the molecule is CC.CCC.COCc1cn(CCNC(=O)CSS)nn1. The largest absolute Gasteiger partial charge is 0.378 e. The molecule has 0 unspecified atom stereocenters. The summed E-state index contributed by atoms with van der Waals surface area (Å²) in [7, 11) is 2.80. The molecule has 21 heavy (non-hydrogen) atoms. The maximum absolute atomic E-state index is 11.1. The van der Waals surface area contributed by atoms with Gasteiger partial charge in [0, 0.05) is 13.7 Å². The maximum Gasteiger partial charge on any atom is 0.230 e. The molecule has 0 radical (unpaired) electrons. The quantitative estimate of drug-likeness (QED) is 0.591. The van der Waals surface area contributed by atoms with Crippen LogP contribution in [0.1, 0.15) is 39.8 Å². The van der Waals surface area contributed by atoms with Crippen molar-refractivity contribution in [1.29, 1.82) is 0 Å². The molecular weight excluding hydrogens is 308 g/mol. The van der Waals surface area contributed by atoms with E-state index < -0.39 is 0 Å². The van der Waals surface area contributed by atoms with Crippen molar-refractivity contribution in [3.05, 3.63) is 11.9 Å². The lowest BCUT2D eigenvalue weighted by Gasteiger charge is -2.02. The van der Waals surface area contributed by atoms with E-state index in [4.69, 9.17) is 4.74 Å². The van der Waals surface area contributed by atoms with Gasteiger partial charge < -0.3 is 10.1 Å². The molecule has 1 heterocycles. The average molecular weight is 337 g/mol. The highest BCUT2D eigenvalue weighted by Crippen LogP contribution is 2.02. The molecule has 0 bridgehead atoms. The van der Waals surface area contributed by atoms with Crippen LogP contribution >= 0.6 is 22.5 Å². The van der Waals surface area contributed by atoms with E-state index in [0.717, 1.165) is 5.69 Å². The third-order valence-corrected chi connectivity index (χ3v) is 2.52. The number of nitrogens with one attached hydrogen (secondary N) is 1. The van der Waals surface area contributed by atoms with E-state index in [2.05, 4.69) is 41.1 Å². The van der Waals surface area contributed by atoms with Gasteiger partial charge in [0.05, 0.1) is 25.1 Å². The van der Waals surface area contributed by atoms with E-state index in [9.17, 15) is 4.79 Å². The van der Waals surface area contributed by atoms with Gasteiger partial charge in [0.2, 0.25) is 5.91 Å². The summed E-state index contributed by atoms with van der Waals surface area (Å²) < 4.78 is 6.59. The van der Waals surface area contributed by atoms with Gasteiger partial charge in [0.1, 0.15) is 5.69 Å². The number of methoxy groups -OCH3 is 1. The number of aromatic nitrogens is 3. The minimum atomic E-state index is -0.0303. The van der Waals surface area contributed by atoms with Crippen LogP contribution in [0.2, 0.25) is 0 Å². The number of carbonyl (C=O) groups excluding carboxylic acids is 1. The van der Waals surface area contributed by atoms with E-state index in [1.807, 2.05) is 13.8 Å². The standard InChI is InChI=1S/C8H14N4O2S2.C3H8.C2H6/c1-14-5-7-4-12(11-10-7)3-2-9-8(13)6-16-15;1-3-2;1-2/h4,15H,2-3,5-6H2,1H3,(H,9,13);3H2,1-2H3;1-2H3. The van der Waals surface area contributed by atoms with Gasteiger partial charge in [-0.05, 0) is 0 Å². The summed E-state index contributed by atoms with van der Waals surface area (Å²) in [5.41, 5.74) is 0.778. The Labute approximate surface area is 137 Å². The van der Waals surface area contributed by atoms with Gasteiger partial charge in [-0.2, -0.15) is 0 Å². The van der Waals surface area contributed by atoms with Crippen LogP contribution < -0.4 is 5.32 Å². The molecule has 0 atom stereocenters. The number of hydrogen-bond donors (Lipinski definition) is 2. The van der Waals surface area contributed by atoms with E-state index in [1.165, 1.54) is 17.2 Å². The second kappa shape index (κ2) is 17.3. The molecule has 0 aromatic carbocycles. The lowest BCUT2D eigenvalue weighted by atomic mass is 10.5. The van der Waals surface area contributed by atoms with E-state index >= 15 is 0 Å². The highest BCUT2D eigenvalue weighted by molar-refractivity contribution is 8.68. The van der Waals surface area contributed by atoms with Crippen molar-refractivity contribution in [2.45, 2.75) is 47.3 Å². The molecule has 1 aromatic heterocycles. The highest BCUT2D eigenvalue weighted by atomic mass is 33.1. The molecular formula is C13H28N4O2S2. The summed E-state index contributed by atoms with van der Waals surface area (Å²) in [5, 5.41) is 10.5. The molecule has 0 aliphatic heterocycles. The first-order chi connectivity index (χ1) is 10.2. The Hall–Kier alpha value is -0.730. The van der Waals surface area contributed by atoms with E-state index in [-0.39, 0.29) is 5.91 Å². The number of hydrogen-bond acceptors (Lipinski definition) is 6. The predicted octanol–water partition coefficient (Wildman–Crippen LogP) is 2.56. The molecule has 6 nitrogen and oxygen atoms in total. The number of carbonyl (C=O) groups is 1. The fourth-order valence-corrected chi connectivity index (χ4v) is 1.65. The first kappa shape index (κ1) is 22.5.